The van der Waals surface area contributed by atoms with Gasteiger partial charge in [0.05, 0.1) is 19.2 Å². The Morgan fingerprint density at radius 3 is 3.08 bits per heavy atom. The summed E-state index contributed by atoms with van der Waals surface area (Å²) in [6.07, 6.45) is 5.51. The zero-order chi connectivity index (χ0) is 17.6. The molecule has 2 aromatic rings. The van der Waals surface area contributed by atoms with E-state index in [0.29, 0.717) is 19.1 Å². The zero-order valence-electron chi connectivity index (χ0n) is 14.9. The summed E-state index contributed by atoms with van der Waals surface area (Å²) in [7, 11) is 0. The van der Waals surface area contributed by atoms with Crippen molar-refractivity contribution in [2.24, 2.45) is 5.92 Å². The highest BCUT2D eigenvalue weighted by Gasteiger charge is 2.21. The Morgan fingerprint density at radius 1 is 1.40 bits per heavy atom. The quantitative estimate of drug-likeness (QED) is 0.876. The van der Waals surface area contributed by atoms with Gasteiger partial charge in [-0.3, -0.25) is 0 Å². The molecular weight excluding hydrogens is 316 g/mol. The number of carbonyl (C=O) groups excluding carboxylic acids is 1. The van der Waals surface area contributed by atoms with E-state index in [4.69, 9.17) is 4.74 Å². The predicted molar refractivity (Wildman–Crippen MR) is 96.3 cm³/mol. The maximum absolute atomic E-state index is 12.4. The van der Waals surface area contributed by atoms with Gasteiger partial charge in [0.2, 0.25) is 0 Å². The van der Waals surface area contributed by atoms with Crippen molar-refractivity contribution in [3.05, 3.63) is 48.0 Å². The van der Waals surface area contributed by atoms with Gasteiger partial charge >= 0.3 is 6.03 Å². The minimum atomic E-state index is -0.180. The number of benzene rings is 1. The number of amides is 2. The summed E-state index contributed by atoms with van der Waals surface area (Å²) < 4.78 is 7.83. The third-order valence-corrected chi connectivity index (χ3v) is 4.27. The Bertz CT molecular complexity index is 711. The summed E-state index contributed by atoms with van der Waals surface area (Å²) in [5.74, 6) is 2.26. The van der Waals surface area contributed by atoms with Crippen LogP contribution in [-0.4, -0.2) is 22.2 Å². The molecule has 0 radical (unpaired) electrons. The van der Waals surface area contributed by atoms with Crippen LogP contribution < -0.4 is 15.4 Å². The number of urea groups is 1. The van der Waals surface area contributed by atoms with Crippen molar-refractivity contribution in [2.45, 2.75) is 45.8 Å². The number of hydrogen-bond acceptors (Lipinski definition) is 3. The fourth-order valence-electron chi connectivity index (χ4n) is 3.11. The molecule has 0 bridgehead atoms. The Hall–Kier alpha value is -2.50. The van der Waals surface area contributed by atoms with Gasteiger partial charge in [-0.15, -0.1) is 0 Å². The molecule has 1 aliphatic rings. The van der Waals surface area contributed by atoms with Crippen molar-refractivity contribution in [2.75, 3.05) is 6.61 Å². The first-order valence-electron chi connectivity index (χ1n) is 8.89. The largest absolute Gasteiger partial charge is 0.493 e. The molecule has 6 nitrogen and oxygen atoms in total. The average Bonchev–Trinajstić information content (AvgIpc) is 2.92. The first kappa shape index (κ1) is 17.3. The summed E-state index contributed by atoms with van der Waals surface area (Å²) in [5, 5.41) is 5.99. The first-order valence-corrected chi connectivity index (χ1v) is 8.89. The Labute approximate surface area is 148 Å². The second kappa shape index (κ2) is 8.05. The topological polar surface area (TPSA) is 68.2 Å². The van der Waals surface area contributed by atoms with Crippen LogP contribution in [0.1, 0.15) is 44.1 Å². The van der Waals surface area contributed by atoms with Crippen LogP contribution >= 0.6 is 0 Å². The number of carbonyl (C=O) groups is 1. The lowest BCUT2D eigenvalue weighted by atomic mass is 10.0. The molecule has 0 fully saturated rings. The molecular formula is C19H26N4O2. The summed E-state index contributed by atoms with van der Waals surface area (Å²) in [5.41, 5.74) is 1.04. The normalized spacial score (nSPS) is 16.7. The number of rotatable bonds is 5. The summed E-state index contributed by atoms with van der Waals surface area (Å²) in [4.78, 5) is 16.7. The van der Waals surface area contributed by atoms with Crippen molar-refractivity contribution in [3.8, 4) is 5.75 Å². The number of fused-ring (bicyclic) bond motifs is 1. The highest BCUT2D eigenvalue weighted by atomic mass is 16.5. The summed E-state index contributed by atoms with van der Waals surface area (Å²) >= 11 is 0. The van der Waals surface area contributed by atoms with E-state index in [2.05, 4.69) is 34.0 Å². The molecule has 3 rings (SSSR count). The minimum absolute atomic E-state index is 0.0332. The van der Waals surface area contributed by atoms with E-state index < -0.39 is 0 Å². The molecule has 0 spiro atoms. The standard InChI is InChI=1S/C19H26N4O2/c1-14(2)13-23-10-9-20-18(23)12-21-19(24)22-16-7-5-11-25-17-8-4-3-6-15(16)17/h3-4,6,8-10,14,16H,5,7,11-13H2,1-2H3,(H2,21,22,24)/t16-/m0/s1. The molecule has 0 unspecified atom stereocenters. The predicted octanol–water partition coefficient (Wildman–Crippen LogP) is 3.25. The van der Waals surface area contributed by atoms with Crippen LogP contribution in [0.2, 0.25) is 0 Å². The molecule has 2 N–H and O–H groups in total. The molecule has 0 aliphatic carbocycles. The van der Waals surface area contributed by atoms with E-state index in [0.717, 1.165) is 36.5 Å². The van der Waals surface area contributed by atoms with Crippen LogP contribution in [0.4, 0.5) is 4.79 Å². The molecule has 1 aromatic heterocycles. The van der Waals surface area contributed by atoms with Gasteiger partial charge in [0.15, 0.2) is 0 Å². The maximum Gasteiger partial charge on any atom is 0.315 e. The third-order valence-electron chi connectivity index (χ3n) is 4.27. The lowest BCUT2D eigenvalue weighted by Crippen LogP contribution is -2.38. The summed E-state index contributed by atoms with van der Waals surface area (Å²) in [6, 6.07) is 7.69. The Kier molecular flexibility index (Phi) is 5.58. The van der Waals surface area contributed by atoms with E-state index in [9.17, 15) is 4.79 Å². The lowest BCUT2D eigenvalue weighted by Gasteiger charge is -2.19. The number of aromatic nitrogens is 2. The van der Waals surface area contributed by atoms with Gasteiger partial charge in [-0.1, -0.05) is 32.0 Å². The fraction of sp³-hybridized carbons (Fsp3) is 0.474. The SMILES string of the molecule is CC(C)Cn1ccnc1CNC(=O)N[C@H]1CCCOc2ccccc21. The first-order chi connectivity index (χ1) is 12.1. The van der Waals surface area contributed by atoms with E-state index in [-0.39, 0.29) is 12.1 Å². The molecule has 2 heterocycles. The van der Waals surface area contributed by atoms with Crippen LogP contribution in [0.15, 0.2) is 36.7 Å². The number of imidazole rings is 1. The highest BCUT2D eigenvalue weighted by molar-refractivity contribution is 5.74. The third kappa shape index (κ3) is 4.53. The number of nitrogens with zero attached hydrogens (tertiary/aromatic N) is 2. The number of nitrogens with one attached hydrogen (secondary N) is 2. The molecule has 25 heavy (non-hydrogen) atoms. The second-order valence-corrected chi connectivity index (χ2v) is 6.80. The summed E-state index contributed by atoms with van der Waals surface area (Å²) in [6.45, 7) is 6.32. The van der Waals surface area contributed by atoms with Crippen LogP contribution in [-0.2, 0) is 13.1 Å². The molecule has 134 valence electrons. The Balaban J connectivity index is 1.59. The Morgan fingerprint density at radius 2 is 2.24 bits per heavy atom. The van der Waals surface area contributed by atoms with Crippen LogP contribution in [0.25, 0.3) is 0 Å². The molecule has 2 amide bonds. The van der Waals surface area contributed by atoms with Crippen LogP contribution in [0.5, 0.6) is 5.75 Å². The smallest absolute Gasteiger partial charge is 0.315 e. The minimum Gasteiger partial charge on any atom is -0.493 e. The van der Waals surface area contributed by atoms with Crippen molar-refractivity contribution in [3.63, 3.8) is 0 Å². The monoisotopic (exact) mass is 342 g/mol. The van der Waals surface area contributed by atoms with Gasteiger partial charge in [-0.05, 0) is 24.8 Å². The molecule has 1 aliphatic heterocycles. The van der Waals surface area contributed by atoms with Gasteiger partial charge in [0, 0.05) is 24.5 Å². The van der Waals surface area contributed by atoms with E-state index in [1.807, 2.05) is 30.5 Å². The van der Waals surface area contributed by atoms with E-state index in [1.54, 1.807) is 6.20 Å². The van der Waals surface area contributed by atoms with Crippen LogP contribution in [0.3, 0.4) is 0 Å². The van der Waals surface area contributed by atoms with Crippen LogP contribution in [0, 0.1) is 5.92 Å². The van der Waals surface area contributed by atoms with E-state index in [1.165, 1.54) is 0 Å². The number of para-hydroxylation sites is 1. The number of hydrogen-bond donors (Lipinski definition) is 2. The van der Waals surface area contributed by atoms with E-state index >= 15 is 0 Å². The molecule has 0 saturated carbocycles. The maximum atomic E-state index is 12.4. The van der Waals surface area contributed by atoms with Gasteiger partial charge in [-0.2, -0.15) is 0 Å². The average molecular weight is 342 g/mol. The fourth-order valence-corrected chi connectivity index (χ4v) is 3.11. The van der Waals surface area contributed by atoms with Gasteiger partial charge in [0.1, 0.15) is 11.6 Å². The molecule has 1 atom stereocenters. The van der Waals surface area contributed by atoms with Crippen molar-refractivity contribution < 1.29 is 9.53 Å². The zero-order valence-corrected chi connectivity index (χ0v) is 14.9. The number of ether oxygens (including phenoxy) is 1. The molecule has 6 heteroatoms. The second-order valence-electron chi connectivity index (χ2n) is 6.80. The lowest BCUT2D eigenvalue weighted by molar-refractivity contribution is 0.235. The van der Waals surface area contributed by atoms with Crippen molar-refractivity contribution in [1.29, 1.82) is 0 Å². The van der Waals surface area contributed by atoms with Gasteiger partial charge < -0.3 is 19.9 Å². The highest BCUT2D eigenvalue weighted by Crippen LogP contribution is 2.30. The van der Waals surface area contributed by atoms with Gasteiger partial charge in [-0.25, -0.2) is 9.78 Å². The molecule has 0 saturated heterocycles. The van der Waals surface area contributed by atoms with Crippen molar-refractivity contribution >= 4 is 6.03 Å². The molecule has 1 aromatic carbocycles. The van der Waals surface area contributed by atoms with Crippen molar-refractivity contribution in [1.82, 2.24) is 20.2 Å². The van der Waals surface area contributed by atoms with Gasteiger partial charge in [0.25, 0.3) is 0 Å².